The van der Waals surface area contributed by atoms with Gasteiger partial charge in [-0.05, 0) is 46.1 Å². The topological polar surface area (TPSA) is 73.1 Å². The van der Waals surface area contributed by atoms with Gasteiger partial charge in [-0.3, -0.25) is 4.99 Å². The normalized spacial score (nSPS) is 21.7. The number of hydrazone groups is 1. The third-order valence-electron chi connectivity index (χ3n) is 5.28. The third kappa shape index (κ3) is 3.86. The van der Waals surface area contributed by atoms with E-state index in [1.807, 2.05) is 57.3 Å². The van der Waals surface area contributed by atoms with Crippen LogP contribution < -0.4 is 0 Å². The predicted octanol–water partition coefficient (Wildman–Crippen LogP) is 3.49. The molecular formula is C21H28N6O2S. The minimum atomic E-state index is -0.505. The van der Waals surface area contributed by atoms with Crippen LogP contribution in [0.4, 0.5) is 4.79 Å². The third-order valence-corrected chi connectivity index (χ3v) is 6.17. The fourth-order valence-corrected chi connectivity index (χ4v) is 4.07. The van der Waals surface area contributed by atoms with Gasteiger partial charge in [0.2, 0.25) is 0 Å². The lowest BCUT2D eigenvalue weighted by molar-refractivity contribution is 0.00778. The summed E-state index contributed by atoms with van der Waals surface area (Å²) in [4.78, 5) is 26.9. The lowest BCUT2D eigenvalue weighted by Crippen LogP contribution is -2.64. The molecule has 0 aliphatic carbocycles. The number of carbonyl (C=O) groups is 1. The van der Waals surface area contributed by atoms with E-state index in [4.69, 9.17) is 19.8 Å². The van der Waals surface area contributed by atoms with Crippen LogP contribution in [-0.4, -0.2) is 76.1 Å². The number of carbonyl (C=O) groups excluding carboxylic acids is 1. The highest BCUT2D eigenvalue weighted by molar-refractivity contribution is 7.11. The van der Waals surface area contributed by atoms with E-state index in [1.165, 1.54) is 0 Å². The van der Waals surface area contributed by atoms with Gasteiger partial charge in [0.25, 0.3) is 0 Å². The summed E-state index contributed by atoms with van der Waals surface area (Å²) in [5, 5.41) is 8.74. The molecule has 3 aliphatic heterocycles. The van der Waals surface area contributed by atoms with Crippen LogP contribution in [0, 0.1) is 0 Å². The first-order valence-electron chi connectivity index (χ1n) is 10.1. The Morgan fingerprint density at radius 2 is 2.03 bits per heavy atom. The molecule has 0 N–H and O–H groups in total. The van der Waals surface area contributed by atoms with E-state index in [1.54, 1.807) is 23.3 Å². The molecule has 8 nitrogen and oxygen atoms in total. The lowest BCUT2D eigenvalue weighted by Gasteiger charge is -2.47. The van der Waals surface area contributed by atoms with Crippen LogP contribution in [-0.2, 0) is 4.74 Å². The first-order valence-corrected chi connectivity index (χ1v) is 11.0. The Kier molecular flexibility index (Phi) is 5.17. The van der Waals surface area contributed by atoms with E-state index < -0.39 is 5.60 Å². The van der Waals surface area contributed by atoms with Gasteiger partial charge in [0.1, 0.15) is 11.3 Å². The molecule has 0 saturated carbocycles. The van der Waals surface area contributed by atoms with Gasteiger partial charge in [0, 0.05) is 20.1 Å². The second kappa shape index (κ2) is 7.54. The van der Waals surface area contributed by atoms with E-state index in [0.717, 1.165) is 28.0 Å². The SMILES string of the molecule is CC1=NN2C(c3cccs3)=CN=C(N3CC(N(C)C(=O)OC(C)(C)C)C3)C2=NC1C. The monoisotopic (exact) mass is 428 g/mol. The van der Waals surface area contributed by atoms with Gasteiger partial charge >= 0.3 is 6.09 Å². The summed E-state index contributed by atoms with van der Waals surface area (Å²) in [5.41, 5.74) is 1.39. The Morgan fingerprint density at radius 3 is 2.67 bits per heavy atom. The van der Waals surface area contributed by atoms with Gasteiger partial charge in [0.15, 0.2) is 11.7 Å². The molecule has 160 valence electrons. The number of ether oxygens (including phenoxy) is 1. The highest BCUT2D eigenvalue weighted by Crippen LogP contribution is 2.31. The van der Waals surface area contributed by atoms with Crippen molar-refractivity contribution in [1.82, 2.24) is 14.8 Å². The molecule has 0 radical (unpaired) electrons. The molecule has 4 heterocycles. The summed E-state index contributed by atoms with van der Waals surface area (Å²) in [6, 6.07) is 4.16. The van der Waals surface area contributed by atoms with Crippen LogP contribution in [0.3, 0.4) is 0 Å². The summed E-state index contributed by atoms with van der Waals surface area (Å²) in [6.07, 6.45) is 1.56. The Labute approximate surface area is 181 Å². The smallest absolute Gasteiger partial charge is 0.410 e. The number of aliphatic imine (C=N–C) groups is 2. The van der Waals surface area contributed by atoms with Gasteiger partial charge in [-0.25, -0.2) is 14.8 Å². The van der Waals surface area contributed by atoms with Crippen molar-refractivity contribution in [2.24, 2.45) is 15.1 Å². The molecule has 0 bridgehead atoms. The highest BCUT2D eigenvalue weighted by Gasteiger charge is 2.41. The van der Waals surface area contributed by atoms with Gasteiger partial charge < -0.3 is 14.5 Å². The standard InChI is InChI=1S/C21H28N6O2S/c1-13-14(2)24-27-16(17-8-7-9-30-17)10-22-18(19(27)23-13)26-11-15(12-26)25(6)20(28)29-21(3,4)5/h7-10,13,15H,11-12H2,1-6H3. The number of fused-ring (bicyclic) bond motifs is 1. The summed E-state index contributed by atoms with van der Waals surface area (Å²) < 4.78 is 5.48. The molecule has 1 aromatic heterocycles. The van der Waals surface area contributed by atoms with Crippen molar-refractivity contribution < 1.29 is 9.53 Å². The molecule has 1 amide bonds. The van der Waals surface area contributed by atoms with Crippen LogP contribution in [0.1, 0.15) is 39.5 Å². The number of hydrogen-bond donors (Lipinski definition) is 0. The van der Waals surface area contributed by atoms with Gasteiger partial charge in [-0.15, -0.1) is 11.3 Å². The Morgan fingerprint density at radius 1 is 1.30 bits per heavy atom. The quantitative estimate of drug-likeness (QED) is 0.723. The number of hydrogen-bond acceptors (Lipinski definition) is 8. The molecule has 30 heavy (non-hydrogen) atoms. The fraction of sp³-hybridized carbons (Fsp3) is 0.524. The number of nitrogens with zero attached hydrogens (tertiary/aromatic N) is 6. The zero-order valence-electron chi connectivity index (χ0n) is 18.3. The zero-order chi connectivity index (χ0) is 21.6. The highest BCUT2D eigenvalue weighted by atomic mass is 32.1. The van der Waals surface area contributed by atoms with Crippen molar-refractivity contribution >= 4 is 40.5 Å². The molecular weight excluding hydrogens is 400 g/mol. The second-order valence-corrected chi connectivity index (χ2v) is 9.72. The molecule has 1 unspecified atom stereocenters. The minimum absolute atomic E-state index is 0.00523. The van der Waals surface area contributed by atoms with Crippen molar-refractivity contribution in [3.05, 3.63) is 28.6 Å². The Hall–Kier alpha value is -2.68. The average Bonchev–Trinajstić information content (AvgIpc) is 3.14. The number of rotatable bonds is 2. The van der Waals surface area contributed by atoms with E-state index in [0.29, 0.717) is 13.1 Å². The molecule has 1 fully saturated rings. The van der Waals surface area contributed by atoms with Crippen molar-refractivity contribution in [1.29, 1.82) is 0 Å². The number of likely N-dealkylation sites (N-methyl/N-ethyl adjacent to an activating group) is 1. The van der Waals surface area contributed by atoms with Gasteiger partial charge in [0.05, 0.1) is 28.9 Å². The van der Waals surface area contributed by atoms with E-state index in [2.05, 4.69) is 11.0 Å². The summed E-state index contributed by atoms with van der Waals surface area (Å²) in [5.74, 6) is 1.56. The fourth-order valence-electron chi connectivity index (χ4n) is 3.35. The lowest BCUT2D eigenvalue weighted by atomic mass is 10.1. The van der Waals surface area contributed by atoms with Crippen LogP contribution >= 0.6 is 11.3 Å². The molecule has 4 rings (SSSR count). The van der Waals surface area contributed by atoms with Crippen molar-refractivity contribution in [3.8, 4) is 0 Å². The number of thiophene rings is 1. The summed E-state index contributed by atoms with van der Waals surface area (Å²) in [7, 11) is 1.79. The molecule has 0 spiro atoms. The van der Waals surface area contributed by atoms with E-state index in [9.17, 15) is 4.79 Å². The van der Waals surface area contributed by atoms with Gasteiger partial charge in [-0.1, -0.05) is 6.07 Å². The Balaban J connectivity index is 1.52. The van der Waals surface area contributed by atoms with Crippen LogP contribution in [0.5, 0.6) is 0 Å². The summed E-state index contributed by atoms with van der Waals surface area (Å²) in [6.45, 7) is 11.0. The van der Waals surface area contributed by atoms with Gasteiger partial charge in [-0.2, -0.15) is 5.10 Å². The predicted molar refractivity (Wildman–Crippen MR) is 121 cm³/mol. The Bertz CT molecular complexity index is 951. The molecule has 3 aliphatic rings. The average molecular weight is 429 g/mol. The molecule has 1 atom stereocenters. The minimum Gasteiger partial charge on any atom is -0.444 e. The summed E-state index contributed by atoms with van der Waals surface area (Å²) >= 11 is 1.65. The number of amidine groups is 2. The second-order valence-electron chi connectivity index (χ2n) is 8.78. The number of amides is 1. The van der Waals surface area contributed by atoms with Crippen LogP contribution in [0.2, 0.25) is 0 Å². The largest absolute Gasteiger partial charge is 0.444 e. The van der Waals surface area contributed by atoms with Crippen molar-refractivity contribution in [3.63, 3.8) is 0 Å². The van der Waals surface area contributed by atoms with Crippen LogP contribution in [0.15, 0.2) is 38.8 Å². The molecule has 9 heteroatoms. The first kappa shape index (κ1) is 20.6. The molecule has 0 aromatic carbocycles. The molecule has 1 aromatic rings. The van der Waals surface area contributed by atoms with Crippen molar-refractivity contribution in [2.75, 3.05) is 20.1 Å². The van der Waals surface area contributed by atoms with Crippen LogP contribution in [0.25, 0.3) is 5.70 Å². The van der Waals surface area contributed by atoms with Crippen molar-refractivity contribution in [2.45, 2.75) is 52.3 Å². The number of likely N-dealkylation sites (tertiary alicyclic amines) is 1. The maximum Gasteiger partial charge on any atom is 0.410 e. The van der Waals surface area contributed by atoms with E-state index >= 15 is 0 Å². The van der Waals surface area contributed by atoms with E-state index in [-0.39, 0.29) is 18.2 Å². The first-order chi connectivity index (χ1) is 14.1. The maximum absolute atomic E-state index is 12.4. The zero-order valence-corrected chi connectivity index (χ0v) is 19.1. The maximum atomic E-state index is 12.4. The molecule has 1 saturated heterocycles.